The summed E-state index contributed by atoms with van der Waals surface area (Å²) in [4.78, 5) is 6.39. The van der Waals surface area contributed by atoms with Crippen molar-refractivity contribution in [2.45, 2.75) is 19.4 Å². The quantitative estimate of drug-likeness (QED) is 0.799. The third-order valence-electron chi connectivity index (χ3n) is 3.71. The zero-order valence-corrected chi connectivity index (χ0v) is 14.3. The van der Waals surface area contributed by atoms with E-state index in [1.807, 2.05) is 11.3 Å². The minimum Gasteiger partial charge on any atom is -0.309 e. The van der Waals surface area contributed by atoms with E-state index in [9.17, 15) is 0 Å². The molecule has 1 saturated heterocycles. The van der Waals surface area contributed by atoms with Gasteiger partial charge in [0.1, 0.15) is 0 Å². The van der Waals surface area contributed by atoms with Crippen LogP contribution in [0.2, 0.25) is 0 Å². The molecule has 1 fully saturated rings. The van der Waals surface area contributed by atoms with E-state index in [0.29, 0.717) is 6.04 Å². The molecule has 1 aromatic rings. The van der Waals surface area contributed by atoms with Gasteiger partial charge in [-0.2, -0.15) is 0 Å². The Kier molecular flexibility index (Phi) is 6.29. The fourth-order valence-corrected chi connectivity index (χ4v) is 3.83. The van der Waals surface area contributed by atoms with Crippen molar-refractivity contribution in [3.05, 3.63) is 20.8 Å². The van der Waals surface area contributed by atoms with E-state index in [1.54, 1.807) is 0 Å². The van der Waals surface area contributed by atoms with Crippen LogP contribution in [0.4, 0.5) is 0 Å². The van der Waals surface area contributed by atoms with Gasteiger partial charge in [-0.1, -0.05) is 0 Å². The van der Waals surface area contributed by atoms with Gasteiger partial charge in [0.05, 0.1) is 0 Å². The number of nitrogens with one attached hydrogen (secondary N) is 1. The summed E-state index contributed by atoms with van der Waals surface area (Å²) in [5, 5.41) is 5.76. The smallest absolute Gasteiger partial charge is 0.0386 e. The van der Waals surface area contributed by atoms with Gasteiger partial charge in [-0.15, -0.1) is 11.3 Å². The molecule has 0 radical (unpaired) electrons. The van der Waals surface area contributed by atoms with Crippen LogP contribution >= 0.6 is 27.3 Å². The summed E-state index contributed by atoms with van der Waals surface area (Å²) >= 11 is 5.33. The first-order valence-electron chi connectivity index (χ1n) is 7.03. The highest BCUT2D eigenvalue weighted by Gasteiger charge is 2.13. The number of hydrogen-bond donors (Lipinski definition) is 1. The summed E-state index contributed by atoms with van der Waals surface area (Å²) < 4.78 is 1.19. The van der Waals surface area contributed by atoms with Crippen LogP contribution in [-0.4, -0.2) is 56.1 Å². The Bertz CT molecular complexity index is 375. The molecule has 5 heteroatoms. The molecule has 1 aromatic heterocycles. The average Bonchev–Trinajstić information content (AvgIpc) is 2.83. The van der Waals surface area contributed by atoms with Gasteiger partial charge >= 0.3 is 0 Å². The molecule has 1 aliphatic heterocycles. The van der Waals surface area contributed by atoms with E-state index in [4.69, 9.17) is 0 Å². The second-order valence-electron chi connectivity index (χ2n) is 5.34. The molecule has 0 amide bonds. The van der Waals surface area contributed by atoms with Crippen LogP contribution in [0.25, 0.3) is 0 Å². The third kappa shape index (κ3) is 5.16. The predicted octanol–water partition coefficient (Wildman–Crippen LogP) is 2.80. The maximum absolute atomic E-state index is 3.61. The summed E-state index contributed by atoms with van der Waals surface area (Å²) in [5.41, 5.74) is 0. The van der Waals surface area contributed by atoms with Crippen LogP contribution in [0, 0.1) is 0 Å². The number of thiophene rings is 1. The molecule has 0 aliphatic carbocycles. The number of piperazine rings is 1. The van der Waals surface area contributed by atoms with E-state index in [-0.39, 0.29) is 0 Å². The molecule has 0 bridgehead atoms. The summed E-state index contributed by atoms with van der Waals surface area (Å²) in [7, 11) is 2.21. The number of halogens is 1. The second kappa shape index (κ2) is 7.74. The van der Waals surface area contributed by atoms with Crippen molar-refractivity contribution in [2.75, 3.05) is 46.3 Å². The number of nitrogens with zero attached hydrogens (tertiary/aromatic N) is 2. The highest BCUT2D eigenvalue weighted by atomic mass is 79.9. The van der Waals surface area contributed by atoms with Crippen LogP contribution in [0.3, 0.4) is 0 Å². The van der Waals surface area contributed by atoms with Crippen molar-refractivity contribution < 1.29 is 0 Å². The molecule has 2 heterocycles. The van der Waals surface area contributed by atoms with Crippen LogP contribution < -0.4 is 5.32 Å². The number of hydrogen-bond acceptors (Lipinski definition) is 4. The SMILES string of the molecule is CC(NCCCN1CCN(C)CC1)c1cc(Br)cs1. The number of rotatable bonds is 6. The lowest BCUT2D eigenvalue weighted by Gasteiger charge is -2.32. The molecule has 1 atom stereocenters. The Balaban J connectivity index is 1.59. The minimum atomic E-state index is 0.462. The standard InChI is InChI=1S/C14H24BrN3S/c1-12(14-10-13(15)11-19-14)16-4-3-5-18-8-6-17(2)7-9-18/h10-12,16H,3-9H2,1-2H3. The fraction of sp³-hybridized carbons (Fsp3) is 0.714. The monoisotopic (exact) mass is 345 g/mol. The van der Waals surface area contributed by atoms with E-state index < -0.39 is 0 Å². The second-order valence-corrected chi connectivity index (χ2v) is 7.20. The molecule has 3 nitrogen and oxygen atoms in total. The van der Waals surface area contributed by atoms with Gasteiger partial charge in [0.25, 0.3) is 0 Å². The van der Waals surface area contributed by atoms with Gasteiger partial charge in [-0.25, -0.2) is 0 Å². The molecule has 2 rings (SSSR count). The Hall–Kier alpha value is 0.0600. The van der Waals surface area contributed by atoms with Gasteiger partial charge in [-0.05, 0) is 55.5 Å². The van der Waals surface area contributed by atoms with Crippen molar-refractivity contribution in [3.8, 4) is 0 Å². The van der Waals surface area contributed by atoms with E-state index in [1.165, 1.54) is 48.5 Å². The molecule has 0 aromatic carbocycles. The van der Waals surface area contributed by atoms with Crippen molar-refractivity contribution in [2.24, 2.45) is 0 Å². The molecular weight excluding hydrogens is 322 g/mol. The lowest BCUT2D eigenvalue weighted by Crippen LogP contribution is -2.45. The summed E-state index contributed by atoms with van der Waals surface area (Å²) in [6, 6.07) is 2.67. The van der Waals surface area contributed by atoms with Crippen LogP contribution in [0.1, 0.15) is 24.3 Å². The zero-order valence-electron chi connectivity index (χ0n) is 11.9. The lowest BCUT2D eigenvalue weighted by atomic mass is 10.2. The van der Waals surface area contributed by atoms with Crippen LogP contribution in [0.5, 0.6) is 0 Å². The van der Waals surface area contributed by atoms with Crippen LogP contribution in [0.15, 0.2) is 15.9 Å². The van der Waals surface area contributed by atoms with Crippen molar-refractivity contribution in [1.29, 1.82) is 0 Å². The average molecular weight is 346 g/mol. The topological polar surface area (TPSA) is 18.5 Å². The third-order valence-corrected chi connectivity index (χ3v) is 5.59. The molecule has 1 N–H and O–H groups in total. The van der Waals surface area contributed by atoms with Gasteiger partial charge in [0, 0.05) is 47.0 Å². The van der Waals surface area contributed by atoms with Crippen molar-refractivity contribution in [3.63, 3.8) is 0 Å². The summed E-state index contributed by atoms with van der Waals surface area (Å²) in [6.45, 7) is 9.45. The summed E-state index contributed by atoms with van der Waals surface area (Å²) in [6.07, 6.45) is 1.24. The predicted molar refractivity (Wildman–Crippen MR) is 87.0 cm³/mol. The lowest BCUT2D eigenvalue weighted by molar-refractivity contribution is 0.152. The maximum Gasteiger partial charge on any atom is 0.0386 e. The normalized spacial score (nSPS) is 19.7. The largest absolute Gasteiger partial charge is 0.309 e. The molecule has 0 spiro atoms. The highest BCUT2D eigenvalue weighted by Crippen LogP contribution is 2.25. The van der Waals surface area contributed by atoms with Gasteiger partial charge in [0.15, 0.2) is 0 Å². The first-order chi connectivity index (χ1) is 9.15. The van der Waals surface area contributed by atoms with E-state index >= 15 is 0 Å². The van der Waals surface area contributed by atoms with Gasteiger partial charge in [-0.3, -0.25) is 0 Å². The first kappa shape index (κ1) is 15.4. The Labute approximate surface area is 129 Å². The Morgan fingerprint density at radius 3 is 2.74 bits per heavy atom. The van der Waals surface area contributed by atoms with E-state index in [2.05, 4.69) is 56.5 Å². The Morgan fingerprint density at radius 1 is 1.37 bits per heavy atom. The molecular formula is C14H24BrN3S. The van der Waals surface area contributed by atoms with Gasteiger partial charge in [0.2, 0.25) is 0 Å². The van der Waals surface area contributed by atoms with E-state index in [0.717, 1.165) is 6.54 Å². The fourth-order valence-electron chi connectivity index (χ4n) is 2.35. The Morgan fingerprint density at radius 2 is 2.11 bits per heavy atom. The zero-order chi connectivity index (χ0) is 13.7. The maximum atomic E-state index is 3.61. The summed E-state index contributed by atoms with van der Waals surface area (Å²) in [5.74, 6) is 0. The van der Waals surface area contributed by atoms with Crippen molar-refractivity contribution in [1.82, 2.24) is 15.1 Å². The molecule has 1 unspecified atom stereocenters. The first-order valence-corrected chi connectivity index (χ1v) is 8.70. The molecule has 0 saturated carbocycles. The molecule has 108 valence electrons. The highest BCUT2D eigenvalue weighted by molar-refractivity contribution is 9.10. The van der Waals surface area contributed by atoms with Gasteiger partial charge < -0.3 is 15.1 Å². The number of likely N-dealkylation sites (N-methyl/N-ethyl adjacent to an activating group) is 1. The molecule has 19 heavy (non-hydrogen) atoms. The molecule has 1 aliphatic rings. The van der Waals surface area contributed by atoms with Crippen molar-refractivity contribution >= 4 is 27.3 Å². The van der Waals surface area contributed by atoms with Crippen LogP contribution in [-0.2, 0) is 0 Å². The minimum absolute atomic E-state index is 0.462.